The molecule has 0 radical (unpaired) electrons. The highest BCUT2D eigenvalue weighted by molar-refractivity contribution is 7.92. The summed E-state index contributed by atoms with van der Waals surface area (Å²) in [6.07, 6.45) is 0. The predicted octanol–water partition coefficient (Wildman–Crippen LogP) is 5.11. The first-order chi connectivity index (χ1) is 21.5. The Bertz CT molecular complexity index is 2080. The van der Waals surface area contributed by atoms with Crippen molar-refractivity contribution in [2.75, 3.05) is 22.5 Å². The van der Waals surface area contributed by atoms with E-state index in [9.17, 15) is 22.8 Å². The van der Waals surface area contributed by atoms with Gasteiger partial charge in [-0.1, -0.05) is 42.5 Å². The van der Waals surface area contributed by atoms with Gasteiger partial charge in [-0.3, -0.25) is 23.8 Å². The van der Waals surface area contributed by atoms with Crippen LogP contribution in [0.4, 0.5) is 17.1 Å². The number of methoxy groups -OCH3 is 1. The van der Waals surface area contributed by atoms with Gasteiger partial charge in [0.15, 0.2) is 0 Å². The van der Waals surface area contributed by atoms with E-state index in [1.54, 1.807) is 86.2 Å². The summed E-state index contributed by atoms with van der Waals surface area (Å²) < 4.78 is 37.2. The molecule has 1 heterocycles. The maximum Gasteiger partial charge on any atom is 0.295 e. The molecule has 45 heavy (non-hydrogen) atoms. The molecule has 0 saturated carbocycles. The third-order valence-corrected chi connectivity index (χ3v) is 8.65. The first-order valence-electron chi connectivity index (χ1n) is 13.8. The van der Waals surface area contributed by atoms with Gasteiger partial charge in [0.2, 0.25) is 0 Å². The Labute approximate surface area is 260 Å². The number of carbonyl (C=O) groups excluding carboxylic acids is 2. The number of rotatable bonds is 9. The zero-order valence-electron chi connectivity index (χ0n) is 25.0. The Morgan fingerprint density at radius 1 is 0.800 bits per heavy atom. The molecule has 0 aliphatic rings. The van der Waals surface area contributed by atoms with Crippen molar-refractivity contribution in [1.29, 1.82) is 0 Å². The molecule has 0 fully saturated rings. The molecule has 0 atom stereocenters. The van der Waals surface area contributed by atoms with Crippen LogP contribution in [0.15, 0.2) is 107 Å². The van der Waals surface area contributed by atoms with Crippen LogP contribution in [0.2, 0.25) is 0 Å². The van der Waals surface area contributed by atoms with Crippen LogP contribution in [-0.2, 0) is 17.1 Å². The molecule has 230 valence electrons. The smallest absolute Gasteiger partial charge is 0.295 e. The van der Waals surface area contributed by atoms with Crippen LogP contribution in [0, 0.1) is 13.8 Å². The highest BCUT2D eigenvalue weighted by atomic mass is 32.2. The standard InChI is InChI=1S/C33H31N5O6S/c1-21-17-18-26(45(42,43)36-28-15-8-9-16-29(28)44-4)20-27(21)32(40)34-24-12-10-11-23(19-24)31(39)35-30-22(2)37(3)38(33(30)41)25-13-6-5-7-14-25/h5-20,36H,1-4H3,(H,34,40)(H,35,39). The summed E-state index contributed by atoms with van der Waals surface area (Å²) in [5, 5.41) is 5.45. The van der Waals surface area contributed by atoms with Crippen LogP contribution < -0.4 is 25.7 Å². The first kappa shape index (κ1) is 30.8. The van der Waals surface area contributed by atoms with Crippen LogP contribution in [0.5, 0.6) is 5.75 Å². The van der Waals surface area contributed by atoms with Crippen molar-refractivity contribution in [2.45, 2.75) is 18.7 Å². The number of aryl methyl sites for hydroxylation is 1. The zero-order valence-corrected chi connectivity index (χ0v) is 25.8. The summed E-state index contributed by atoms with van der Waals surface area (Å²) in [5.41, 5.74) is 2.41. The Kier molecular flexibility index (Phi) is 8.59. The highest BCUT2D eigenvalue weighted by Gasteiger charge is 2.21. The molecule has 0 unspecified atom stereocenters. The lowest BCUT2D eigenvalue weighted by Gasteiger charge is -2.14. The van der Waals surface area contributed by atoms with E-state index in [4.69, 9.17) is 4.74 Å². The lowest BCUT2D eigenvalue weighted by atomic mass is 10.1. The van der Waals surface area contributed by atoms with Crippen molar-refractivity contribution < 1.29 is 22.7 Å². The molecular weight excluding hydrogens is 594 g/mol. The minimum absolute atomic E-state index is 0.114. The minimum Gasteiger partial charge on any atom is -0.495 e. The summed E-state index contributed by atoms with van der Waals surface area (Å²) >= 11 is 0. The number of nitrogens with zero attached hydrogens (tertiary/aromatic N) is 2. The van der Waals surface area contributed by atoms with Gasteiger partial charge in [-0.15, -0.1) is 0 Å². The molecule has 5 rings (SSSR count). The van der Waals surface area contributed by atoms with Crippen molar-refractivity contribution in [3.63, 3.8) is 0 Å². The number of ether oxygens (including phenoxy) is 1. The van der Waals surface area contributed by atoms with Gasteiger partial charge in [-0.05, 0) is 74.0 Å². The van der Waals surface area contributed by atoms with E-state index in [0.29, 0.717) is 28.4 Å². The molecule has 4 aromatic carbocycles. The van der Waals surface area contributed by atoms with Crippen LogP contribution in [0.25, 0.3) is 5.69 Å². The maximum atomic E-state index is 13.3. The second-order valence-corrected chi connectivity index (χ2v) is 11.9. The van der Waals surface area contributed by atoms with Gasteiger partial charge in [0.25, 0.3) is 27.4 Å². The molecule has 1 aromatic heterocycles. The summed E-state index contributed by atoms with van der Waals surface area (Å²) in [6, 6.07) is 26.1. The van der Waals surface area contributed by atoms with Crippen LogP contribution in [0.3, 0.4) is 0 Å². The predicted molar refractivity (Wildman–Crippen MR) is 173 cm³/mol. The third-order valence-electron chi connectivity index (χ3n) is 7.29. The number of para-hydroxylation sites is 3. The second-order valence-electron chi connectivity index (χ2n) is 10.2. The summed E-state index contributed by atoms with van der Waals surface area (Å²) in [5.74, 6) is -0.757. The molecule has 0 aliphatic heterocycles. The van der Waals surface area contributed by atoms with Gasteiger partial charge in [-0.25, -0.2) is 13.1 Å². The Balaban J connectivity index is 1.35. The van der Waals surface area contributed by atoms with E-state index < -0.39 is 21.8 Å². The number of carbonyl (C=O) groups is 2. The molecule has 0 saturated heterocycles. The van der Waals surface area contributed by atoms with Gasteiger partial charge in [0.05, 0.1) is 29.1 Å². The molecule has 11 nitrogen and oxygen atoms in total. The van der Waals surface area contributed by atoms with E-state index in [1.807, 2.05) is 18.2 Å². The fraction of sp³-hybridized carbons (Fsp3) is 0.121. The topological polar surface area (TPSA) is 141 Å². The fourth-order valence-electron chi connectivity index (χ4n) is 4.78. The Hall–Kier alpha value is -5.62. The van der Waals surface area contributed by atoms with E-state index in [1.165, 1.54) is 30.0 Å². The molecule has 12 heteroatoms. The van der Waals surface area contributed by atoms with Crippen LogP contribution >= 0.6 is 0 Å². The van der Waals surface area contributed by atoms with Gasteiger partial charge in [-0.2, -0.15) is 0 Å². The van der Waals surface area contributed by atoms with Crippen molar-refractivity contribution in [3.05, 3.63) is 130 Å². The van der Waals surface area contributed by atoms with E-state index >= 15 is 0 Å². The molecule has 0 aliphatic carbocycles. The lowest BCUT2D eigenvalue weighted by Crippen LogP contribution is -2.23. The van der Waals surface area contributed by atoms with Crippen LogP contribution in [0.1, 0.15) is 32.0 Å². The number of nitrogens with one attached hydrogen (secondary N) is 3. The van der Waals surface area contributed by atoms with Crippen molar-refractivity contribution >= 4 is 38.9 Å². The molecule has 3 N–H and O–H groups in total. The maximum absolute atomic E-state index is 13.3. The number of benzene rings is 4. The average Bonchev–Trinajstić information content (AvgIpc) is 3.24. The van der Waals surface area contributed by atoms with Gasteiger partial charge in [0.1, 0.15) is 11.4 Å². The SMILES string of the molecule is COc1ccccc1NS(=O)(=O)c1ccc(C)c(C(=O)Nc2cccc(C(=O)Nc3c(C)n(C)n(-c4ccccc4)c3=O)c2)c1. The summed E-state index contributed by atoms with van der Waals surface area (Å²) in [7, 11) is -0.894. The number of hydrogen-bond donors (Lipinski definition) is 3. The fourth-order valence-corrected chi connectivity index (χ4v) is 5.88. The molecular formula is C33H31N5O6S. The van der Waals surface area contributed by atoms with Crippen LogP contribution in [-0.4, -0.2) is 36.7 Å². The van der Waals surface area contributed by atoms with E-state index in [-0.39, 0.29) is 33.0 Å². The van der Waals surface area contributed by atoms with Gasteiger partial charge >= 0.3 is 0 Å². The van der Waals surface area contributed by atoms with Gasteiger partial charge < -0.3 is 15.4 Å². The largest absolute Gasteiger partial charge is 0.495 e. The number of aromatic nitrogens is 2. The number of anilines is 3. The van der Waals surface area contributed by atoms with Crippen molar-refractivity contribution in [3.8, 4) is 11.4 Å². The monoisotopic (exact) mass is 625 g/mol. The summed E-state index contributed by atoms with van der Waals surface area (Å²) in [6.45, 7) is 3.42. The number of amides is 2. The molecule has 5 aromatic rings. The average molecular weight is 626 g/mol. The Morgan fingerprint density at radius 3 is 2.24 bits per heavy atom. The molecule has 0 bridgehead atoms. The lowest BCUT2D eigenvalue weighted by molar-refractivity contribution is 0.101. The Morgan fingerprint density at radius 2 is 1.51 bits per heavy atom. The second kappa shape index (κ2) is 12.5. The first-order valence-corrected chi connectivity index (χ1v) is 15.3. The molecule has 0 spiro atoms. The number of sulfonamides is 1. The normalized spacial score (nSPS) is 11.1. The highest BCUT2D eigenvalue weighted by Crippen LogP contribution is 2.27. The summed E-state index contributed by atoms with van der Waals surface area (Å²) in [4.78, 5) is 39.7. The number of hydrogen-bond acceptors (Lipinski definition) is 6. The van der Waals surface area contributed by atoms with E-state index in [0.717, 1.165) is 0 Å². The third kappa shape index (κ3) is 6.36. The van der Waals surface area contributed by atoms with Crippen molar-refractivity contribution in [1.82, 2.24) is 9.36 Å². The quantitative estimate of drug-likeness (QED) is 0.208. The van der Waals surface area contributed by atoms with Crippen molar-refractivity contribution in [2.24, 2.45) is 7.05 Å². The van der Waals surface area contributed by atoms with Gasteiger partial charge in [0, 0.05) is 23.9 Å². The minimum atomic E-state index is -4.06. The zero-order chi connectivity index (χ0) is 32.3. The molecule has 2 amide bonds. The van der Waals surface area contributed by atoms with E-state index in [2.05, 4.69) is 15.4 Å².